The molecule has 0 unspecified atom stereocenters. The molecule has 0 heterocycles. The lowest BCUT2D eigenvalue weighted by atomic mass is 10.0. The van der Waals surface area contributed by atoms with Crippen molar-refractivity contribution >= 4 is 0 Å². The Labute approximate surface area is 88.4 Å². The maximum absolute atomic E-state index is 9.63. The number of aliphatic hydroxyl groups excluding tert-OH is 1. The van der Waals surface area contributed by atoms with Gasteiger partial charge >= 0.3 is 0 Å². The summed E-state index contributed by atoms with van der Waals surface area (Å²) in [5, 5.41) is 18.6. The summed E-state index contributed by atoms with van der Waals surface area (Å²) in [7, 11) is 0. The highest BCUT2D eigenvalue weighted by molar-refractivity contribution is 5.69. The molecule has 0 fully saturated rings. The molecule has 0 bridgehead atoms. The first-order valence-corrected chi connectivity index (χ1v) is 4.71. The van der Waals surface area contributed by atoms with Gasteiger partial charge in [-0.3, -0.25) is 0 Å². The fourth-order valence-electron chi connectivity index (χ4n) is 1.48. The van der Waals surface area contributed by atoms with E-state index in [-0.39, 0.29) is 12.4 Å². The highest BCUT2D eigenvalue weighted by Crippen LogP contribution is 2.28. The van der Waals surface area contributed by atoms with Crippen LogP contribution < -0.4 is 0 Å². The third-order valence-corrected chi connectivity index (χ3v) is 2.23. The number of aromatic hydroxyl groups is 1. The van der Waals surface area contributed by atoms with Crippen LogP contribution in [0.5, 0.6) is 5.75 Å². The van der Waals surface area contributed by atoms with Crippen molar-refractivity contribution in [1.82, 2.24) is 0 Å². The molecule has 0 atom stereocenters. The lowest BCUT2D eigenvalue weighted by Crippen LogP contribution is -1.84. The Bertz CT molecular complexity index is 464. The van der Waals surface area contributed by atoms with Gasteiger partial charge in [0.05, 0.1) is 6.61 Å². The van der Waals surface area contributed by atoms with Gasteiger partial charge in [0.25, 0.3) is 0 Å². The Balaban J connectivity index is 2.49. The van der Waals surface area contributed by atoms with E-state index in [4.69, 9.17) is 5.11 Å². The fraction of sp³-hybridized carbons (Fsp3) is 0.0769. The van der Waals surface area contributed by atoms with Gasteiger partial charge in [0.2, 0.25) is 0 Å². The molecule has 15 heavy (non-hydrogen) atoms. The molecule has 2 nitrogen and oxygen atoms in total. The van der Waals surface area contributed by atoms with E-state index in [1.165, 1.54) is 0 Å². The number of benzene rings is 2. The van der Waals surface area contributed by atoms with Crippen molar-refractivity contribution in [1.29, 1.82) is 0 Å². The molecule has 0 spiro atoms. The smallest absolute Gasteiger partial charge is 0.124 e. The Morgan fingerprint density at radius 2 is 2.00 bits per heavy atom. The Hall–Kier alpha value is -1.80. The molecule has 0 saturated heterocycles. The number of rotatable bonds is 2. The van der Waals surface area contributed by atoms with Crippen LogP contribution in [-0.2, 0) is 6.61 Å². The third-order valence-electron chi connectivity index (χ3n) is 2.23. The summed E-state index contributed by atoms with van der Waals surface area (Å²) in [6, 6.07) is 15.5. The van der Waals surface area contributed by atoms with Gasteiger partial charge in [0.1, 0.15) is 5.75 Å². The van der Waals surface area contributed by atoms with Crippen LogP contribution in [0.2, 0.25) is 0 Å². The van der Waals surface area contributed by atoms with Crippen LogP contribution in [-0.4, -0.2) is 10.2 Å². The zero-order chi connectivity index (χ0) is 10.7. The SMILES string of the molecule is OCc1cccc(-c2[c]cccc2O)c1. The van der Waals surface area contributed by atoms with Gasteiger partial charge in [0.15, 0.2) is 0 Å². The van der Waals surface area contributed by atoms with Crippen molar-refractivity contribution in [2.45, 2.75) is 6.61 Å². The average Bonchev–Trinajstić information content (AvgIpc) is 2.30. The highest BCUT2D eigenvalue weighted by Gasteiger charge is 2.03. The number of aliphatic hydroxyl groups is 1. The molecule has 1 radical (unpaired) electrons. The van der Waals surface area contributed by atoms with Crippen LogP contribution in [0.15, 0.2) is 42.5 Å². The first-order chi connectivity index (χ1) is 7.31. The van der Waals surface area contributed by atoms with E-state index >= 15 is 0 Å². The molecule has 2 rings (SSSR count). The standard InChI is InChI=1S/C13H11O2/c14-9-10-4-3-5-11(8-10)12-6-1-2-7-13(12)15/h1-5,7-8,14-15H,9H2. The van der Waals surface area contributed by atoms with Gasteiger partial charge < -0.3 is 10.2 Å². The predicted molar refractivity (Wildman–Crippen MR) is 58.3 cm³/mol. The van der Waals surface area contributed by atoms with Crippen molar-refractivity contribution in [3.63, 3.8) is 0 Å². The molecular formula is C13H11O2. The molecule has 0 aliphatic rings. The predicted octanol–water partition coefficient (Wildman–Crippen LogP) is 2.35. The number of hydrogen-bond acceptors (Lipinski definition) is 2. The highest BCUT2D eigenvalue weighted by atomic mass is 16.3. The molecule has 75 valence electrons. The van der Waals surface area contributed by atoms with Crippen molar-refractivity contribution < 1.29 is 10.2 Å². The summed E-state index contributed by atoms with van der Waals surface area (Å²) >= 11 is 0. The second kappa shape index (κ2) is 4.15. The van der Waals surface area contributed by atoms with Gasteiger partial charge in [0, 0.05) is 5.56 Å². The van der Waals surface area contributed by atoms with Gasteiger partial charge in [-0.15, -0.1) is 0 Å². The first-order valence-electron chi connectivity index (χ1n) is 4.71. The molecule has 0 aromatic heterocycles. The normalized spacial score (nSPS) is 10.2. The van der Waals surface area contributed by atoms with E-state index in [0.29, 0.717) is 5.56 Å². The zero-order valence-electron chi connectivity index (χ0n) is 8.14. The summed E-state index contributed by atoms with van der Waals surface area (Å²) in [6.45, 7) is 0.00142. The largest absolute Gasteiger partial charge is 0.507 e. The molecule has 0 saturated carbocycles. The van der Waals surface area contributed by atoms with Crippen LogP contribution in [0.1, 0.15) is 5.56 Å². The number of phenolic OH excluding ortho intramolecular Hbond substituents is 1. The van der Waals surface area contributed by atoms with Gasteiger partial charge in [-0.1, -0.05) is 30.3 Å². The monoisotopic (exact) mass is 199 g/mol. The molecule has 0 aliphatic carbocycles. The fourth-order valence-corrected chi connectivity index (χ4v) is 1.48. The molecule has 0 aliphatic heterocycles. The van der Waals surface area contributed by atoms with E-state index in [0.717, 1.165) is 11.1 Å². The number of hydrogen-bond donors (Lipinski definition) is 2. The van der Waals surface area contributed by atoms with Gasteiger partial charge in [-0.25, -0.2) is 0 Å². The van der Waals surface area contributed by atoms with Gasteiger partial charge in [-0.05, 0) is 29.3 Å². The van der Waals surface area contributed by atoms with Crippen LogP contribution in [0.4, 0.5) is 0 Å². The lowest BCUT2D eigenvalue weighted by molar-refractivity contribution is 0.282. The van der Waals surface area contributed by atoms with Crippen molar-refractivity contribution in [3.05, 3.63) is 54.1 Å². The summed E-state index contributed by atoms with van der Waals surface area (Å²) in [5.74, 6) is 0.201. The quantitative estimate of drug-likeness (QED) is 0.779. The van der Waals surface area contributed by atoms with Crippen LogP contribution in [0.25, 0.3) is 11.1 Å². The maximum atomic E-state index is 9.63. The second-order valence-corrected chi connectivity index (χ2v) is 3.29. The molecule has 2 aromatic carbocycles. The van der Waals surface area contributed by atoms with Crippen LogP contribution in [0, 0.1) is 6.07 Å². The van der Waals surface area contributed by atoms with E-state index < -0.39 is 0 Å². The summed E-state index contributed by atoms with van der Waals surface area (Å²) in [5.41, 5.74) is 2.34. The van der Waals surface area contributed by atoms with Crippen LogP contribution >= 0.6 is 0 Å². The van der Waals surface area contributed by atoms with Crippen molar-refractivity contribution in [3.8, 4) is 16.9 Å². The topological polar surface area (TPSA) is 40.5 Å². The molecule has 2 heteroatoms. The Morgan fingerprint density at radius 1 is 1.13 bits per heavy atom. The van der Waals surface area contributed by atoms with Crippen molar-refractivity contribution in [2.24, 2.45) is 0 Å². The first kappa shape index (κ1) is 9.74. The number of phenols is 1. The minimum atomic E-state index is 0.00142. The van der Waals surface area contributed by atoms with E-state index in [1.54, 1.807) is 18.2 Å². The summed E-state index contributed by atoms with van der Waals surface area (Å²) < 4.78 is 0. The second-order valence-electron chi connectivity index (χ2n) is 3.29. The lowest BCUT2D eigenvalue weighted by Gasteiger charge is -2.05. The zero-order valence-corrected chi connectivity index (χ0v) is 8.14. The minimum absolute atomic E-state index is 0.00142. The Morgan fingerprint density at radius 3 is 2.73 bits per heavy atom. The summed E-state index contributed by atoms with van der Waals surface area (Å²) in [6.07, 6.45) is 0. The average molecular weight is 199 g/mol. The maximum Gasteiger partial charge on any atom is 0.124 e. The van der Waals surface area contributed by atoms with Crippen LogP contribution in [0.3, 0.4) is 0 Å². The van der Waals surface area contributed by atoms with E-state index in [2.05, 4.69) is 6.07 Å². The van der Waals surface area contributed by atoms with E-state index in [9.17, 15) is 5.11 Å². The molecular weight excluding hydrogens is 188 g/mol. The third kappa shape index (κ3) is 2.00. The van der Waals surface area contributed by atoms with Gasteiger partial charge in [-0.2, -0.15) is 0 Å². The Kier molecular flexibility index (Phi) is 2.70. The summed E-state index contributed by atoms with van der Waals surface area (Å²) in [4.78, 5) is 0. The molecule has 0 amide bonds. The van der Waals surface area contributed by atoms with Crippen molar-refractivity contribution in [2.75, 3.05) is 0 Å². The molecule has 2 aromatic rings. The molecule has 2 N–H and O–H groups in total. The minimum Gasteiger partial charge on any atom is -0.507 e. The van der Waals surface area contributed by atoms with E-state index in [1.807, 2.05) is 24.3 Å².